The van der Waals surface area contributed by atoms with Crippen molar-refractivity contribution in [2.24, 2.45) is 5.92 Å². The van der Waals surface area contributed by atoms with E-state index in [1.54, 1.807) is 12.3 Å². The van der Waals surface area contributed by atoms with Crippen molar-refractivity contribution in [2.75, 3.05) is 12.3 Å². The third-order valence-electron chi connectivity index (χ3n) is 1.74. The highest BCUT2D eigenvalue weighted by Gasteiger charge is 2.07. The fourth-order valence-electron chi connectivity index (χ4n) is 0.943. The number of amides is 1. The number of hydrogen-bond donors (Lipinski definition) is 2. The summed E-state index contributed by atoms with van der Waals surface area (Å²) in [5, 5.41) is 13.4. The fourth-order valence-corrected chi connectivity index (χ4v) is 1.51. The molecule has 1 atom stereocenters. The number of aromatic nitrogens is 1. The maximum atomic E-state index is 11.3. The Morgan fingerprint density at radius 2 is 2.60 bits per heavy atom. The van der Waals surface area contributed by atoms with Crippen LogP contribution in [0.15, 0.2) is 5.38 Å². The molecular formula is C9H12N4OS. The minimum Gasteiger partial charge on any atom is -0.375 e. The Labute approximate surface area is 91.9 Å². The van der Waals surface area contributed by atoms with Gasteiger partial charge in [0.05, 0.1) is 24.1 Å². The summed E-state index contributed by atoms with van der Waals surface area (Å²) in [5.74, 6) is -0.308. The number of nitrogens with zero attached hydrogens (tertiary/aromatic N) is 2. The monoisotopic (exact) mass is 224 g/mol. The summed E-state index contributed by atoms with van der Waals surface area (Å²) in [4.78, 5) is 15.3. The van der Waals surface area contributed by atoms with Crippen molar-refractivity contribution in [3.8, 4) is 6.07 Å². The molecule has 1 amide bonds. The molecule has 3 N–H and O–H groups in total. The summed E-state index contributed by atoms with van der Waals surface area (Å²) in [6.07, 6.45) is 0.214. The lowest BCUT2D eigenvalue weighted by Crippen LogP contribution is -2.29. The van der Waals surface area contributed by atoms with Gasteiger partial charge in [0.2, 0.25) is 5.91 Å². The van der Waals surface area contributed by atoms with Gasteiger partial charge in [-0.15, -0.1) is 11.3 Å². The third-order valence-corrected chi connectivity index (χ3v) is 2.46. The number of nitrogen functional groups attached to an aromatic ring is 1. The Kier molecular flexibility index (Phi) is 4.06. The molecule has 0 aromatic carbocycles. The van der Waals surface area contributed by atoms with Crippen LogP contribution in [0.25, 0.3) is 0 Å². The number of rotatable bonds is 4. The van der Waals surface area contributed by atoms with Gasteiger partial charge in [-0.05, 0) is 6.92 Å². The van der Waals surface area contributed by atoms with E-state index in [9.17, 15) is 4.79 Å². The molecule has 5 nitrogen and oxygen atoms in total. The Morgan fingerprint density at radius 3 is 3.13 bits per heavy atom. The Balaban J connectivity index is 2.34. The van der Waals surface area contributed by atoms with E-state index in [1.807, 2.05) is 6.07 Å². The van der Waals surface area contributed by atoms with Crippen LogP contribution in [0.5, 0.6) is 0 Å². The zero-order valence-electron chi connectivity index (χ0n) is 8.36. The van der Waals surface area contributed by atoms with Gasteiger partial charge in [0.1, 0.15) is 0 Å². The van der Waals surface area contributed by atoms with Gasteiger partial charge in [-0.2, -0.15) is 5.26 Å². The normalized spacial score (nSPS) is 11.7. The molecule has 15 heavy (non-hydrogen) atoms. The predicted octanol–water partition coefficient (Wildman–Crippen LogP) is 0.544. The number of carbonyl (C=O) groups excluding carboxylic acids is 1. The van der Waals surface area contributed by atoms with Crippen molar-refractivity contribution in [3.63, 3.8) is 0 Å². The molecule has 1 heterocycles. The van der Waals surface area contributed by atoms with Crippen molar-refractivity contribution in [2.45, 2.75) is 13.3 Å². The Morgan fingerprint density at radius 1 is 1.87 bits per heavy atom. The number of anilines is 1. The lowest BCUT2D eigenvalue weighted by atomic mass is 10.2. The van der Waals surface area contributed by atoms with Crippen molar-refractivity contribution in [3.05, 3.63) is 11.1 Å². The van der Waals surface area contributed by atoms with Crippen molar-refractivity contribution in [1.82, 2.24) is 10.3 Å². The standard InChI is InChI=1S/C9H12N4OS/c1-6(3-10)4-12-8(14)2-7-5-15-9(11)13-7/h5-6H,2,4H2,1H3,(H2,11,13)(H,12,14). The van der Waals surface area contributed by atoms with Crippen molar-refractivity contribution in [1.29, 1.82) is 5.26 Å². The number of nitrogens with one attached hydrogen (secondary N) is 1. The van der Waals surface area contributed by atoms with Gasteiger partial charge in [-0.3, -0.25) is 4.79 Å². The number of nitriles is 1. The molecule has 1 rings (SSSR count). The highest BCUT2D eigenvalue weighted by molar-refractivity contribution is 7.13. The summed E-state index contributed by atoms with van der Waals surface area (Å²) in [6.45, 7) is 2.12. The molecule has 0 aliphatic carbocycles. The van der Waals surface area contributed by atoms with E-state index in [-0.39, 0.29) is 18.2 Å². The average Bonchev–Trinajstić information content (AvgIpc) is 2.60. The molecule has 1 aromatic rings. The van der Waals surface area contributed by atoms with E-state index in [2.05, 4.69) is 10.3 Å². The zero-order valence-corrected chi connectivity index (χ0v) is 9.17. The molecule has 0 aliphatic rings. The van der Waals surface area contributed by atoms with Gasteiger partial charge in [0, 0.05) is 11.9 Å². The Hall–Kier alpha value is -1.61. The van der Waals surface area contributed by atoms with E-state index < -0.39 is 0 Å². The highest BCUT2D eigenvalue weighted by atomic mass is 32.1. The zero-order chi connectivity index (χ0) is 11.3. The van der Waals surface area contributed by atoms with E-state index in [1.165, 1.54) is 11.3 Å². The third kappa shape index (κ3) is 3.95. The molecule has 0 saturated heterocycles. The fraction of sp³-hybridized carbons (Fsp3) is 0.444. The van der Waals surface area contributed by atoms with Crippen LogP contribution in [0.3, 0.4) is 0 Å². The molecule has 80 valence electrons. The summed E-state index contributed by atoms with van der Waals surface area (Å²) < 4.78 is 0. The second-order valence-corrected chi connectivity index (χ2v) is 4.08. The minimum atomic E-state index is -0.172. The summed E-state index contributed by atoms with van der Waals surface area (Å²) in [7, 11) is 0. The summed E-state index contributed by atoms with van der Waals surface area (Å²) in [6, 6.07) is 2.04. The number of carbonyl (C=O) groups is 1. The first-order valence-corrected chi connectivity index (χ1v) is 5.36. The Bertz CT molecular complexity index is 382. The van der Waals surface area contributed by atoms with E-state index in [4.69, 9.17) is 11.0 Å². The van der Waals surface area contributed by atoms with Crippen LogP contribution in [0.4, 0.5) is 5.13 Å². The second-order valence-electron chi connectivity index (χ2n) is 3.19. The largest absolute Gasteiger partial charge is 0.375 e. The molecule has 0 bridgehead atoms. The molecular weight excluding hydrogens is 212 g/mol. The van der Waals surface area contributed by atoms with Crippen LogP contribution in [-0.2, 0) is 11.2 Å². The molecule has 0 aliphatic heterocycles. The lowest BCUT2D eigenvalue weighted by Gasteiger charge is -2.04. The quantitative estimate of drug-likeness (QED) is 0.781. The van der Waals surface area contributed by atoms with Gasteiger partial charge in [0.15, 0.2) is 5.13 Å². The minimum absolute atomic E-state index is 0.137. The topological polar surface area (TPSA) is 91.8 Å². The van der Waals surface area contributed by atoms with Gasteiger partial charge in [-0.25, -0.2) is 4.98 Å². The first-order valence-electron chi connectivity index (χ1n) is 4.48. The van der Waals surface area contributed by atoms with Gasteiger partial charge in [0.25, 0.3) is 0 Å². The summed E-state index contributed by atoms with van der Waals surface area (Å²) >= 11 is 1.31. The van der Waals surface area contributed by atoms with Crippen LogP contribution in [-0.4, -0.2) is 17.4 Å². The van der Waals surface area contributed by atoms with Gasteiger partial charge < -0.3 is 11.1 Å². The molecule has 0 radical (unpaired) electrons. The van der Waals surface area contributed by atoms with Crippen LogP contribution in [0.2, 0.25) is 0 Å². The van der Waals surface area contributed by atoms with Crippen LogP contribution >= 0.6 is 11.3 Å². The molecule has 0 saturated carbocycles. The van der Waals surface area contributed by atoms with E-state index in [0.717, 1.165) is 0 Å². The van der Waals surface area contributed by atoms with Crippen LogP contribution < -0.4 is 11.1 Å². The maximum Gasteiger partial charge on any atom is 0.226 e. The molecule has 6 heteroatoms. The predicted molar refractivity (Wildman–Crippen MR) is 58.0 cm³/mol. The lowest BCUT2D eigenvalue weighted by molar-refractivity contribution is -0.120. The second kappa shape index (κ2) is 5.32. The van der Waals surface area contributed by atoms with Crippen molar-refractivity contribution >= 4 is 22.4 Å². The number of thiazole rings is 1. The summed E-state index contributed by atoms with van der Waals surface area (Å²) in [5.41, 5.74) is 6.10. The van der Waals surface area contributed by atoms with Crippen LogP contribution in [0, 0.1) is 17.2 Å². The molecule has 0 spiro atoms. The average molecular weight is 224 g/mol. The smallest absolute Gasteiger partial charge is 0.226 e. The first-order chi connectivity index (χ1) is 7.11. The molecule has 0 fully saturated rings. The van der Waals surface area contributed by atoms with E-state index >= 15 is 0 Å². The number of hydrogen-bond acceptors (Lipinski definition) is 5. The molecule has 1 aromatic heterocycles. The SMILES string of the molecule is CC(C#N)CNC(=O)Cc1csc(N)n1. The maximum absolute atomic E-state index is 11.3. The highest BCUT2D eigenvalue weighted by Crippen LogP contribution is 2.11. The van der Waals surface area contributed by atoms with Gasteiger partial charge in [-0.1, -0.05) is 0 Å². The van der Waals surface area contributed by atoms with Gasteiger partial charge >= 0.3 is 0 Å². The first kappa shape index (κ1) is 11.5. The van der Waals surface area contributed by atoms with Crippen LogP contribution in [0.1, 0.15) is 12.6 Å². The van der Waals surface area contributed by atoms with E-state index in [0.29, 0.717) is 17.4 Å². The molecule has 1 unspecified atom stereocenters. The number of nitrogens with two attached hydrogens (primary N) is 1. The van der Waals surface area contributed by atoms with Crippen molar-refractivity contribution < 1.29 is 4.79 Å².